The van der Waals surface area contributed by atoms with E-state index in [1.807, 2.05) is 19.9 Å². The zero-order valence-corrected chi connectivity index (χ0v) is 11.8. The second-order valence-electron chi connectivity index (χ2n) is 5.35. The summed E-state index contributed by atoms with van der Waals surface area (Å²) in [5.74, 6) is 0.101. The molecule has 0 fully saturated rings. The van der Waals surface area contributed by atoms with Gasteiger partial charge in [0.25, 0.3) is 0 Å². The lowest BCUT2D eigenvalue weighted by atomic mass is 9.91. The van der Waals surface area contributed by atoms with E-state index in [-0.39, 0.29) is 17.2 Å². The number of hydrogen-bond acceptors (Lipinski definition) is 3. The average molecular weight is 254 g/mol. The Bertz CT molecular complexity index is 358. The Morgan fingerprint density at radius 3 is 2.65 bits per heavy atom. The molecule has 1 unspecified atom stereocenters. The first-order valence-electron chi connectivity index (χ1n) is 5.92. The fourth-order valence-corrected chi connectivity index (χ4v) is 2.33. The van der Waals surface area contributed by atoms with Gasteiger partial charge in [-0.1, -0.05) is 33.8 Å². The van der Waals surface area contributed by atoms with Gasteiger partial charge in [-0.05, 0) is 17.4 Å². The number of nitrogens with one attached hydrogen (secondary N) is 1. The number of carbonyl (C=O) groups is 1. The van der Waals surface area contributed by atoms with Crippen LogP contribution in [0.4, 0.5) is 0 Å². The van der Waals surface area contributed by atoms with Gasteiger partial charge in [-0.15, -0.1) is 11.3 Å². The van der Waals surface area contributed by atoms with Gasteiger partial charge >= 0.3 is 0 Å². The van der Waals surface area contributed by atoms with Crippen molar-refractivity contribution in [2.75, 3.05) is 6.54 Å². The number of carbonyl (C=O) groups excluding carboxylic acids is 1. The third kappa shape index (κ3) is 3.82. The molecule has 1 rings (SSSR count). The molecule has 1 heterocycles. The molecule has 4 heteroatoms. The lowest BCUT2D eigenvalue weighted by Crippen LogP contribution is -2.47. The van der Waals surface area contributed by atoms with Crippen LogP contribution in [0.2, 0.25) is 0 Å². The minimum Gasteiger partial charge on any atom is -0.354 e. The second-order valence-corrected chi connectivity index (χ2v) is 6.30. The van der Waals surface area contributed by atoms with E-state index in [1.54, 1.807) is 11.3 Å². The van der Waals surface area contributed by atoms with Gasteiger partial charge in [0.2, 0.25) is 5.91 Å². The highest BCUT2D eigenvalue weighted by molar-refractivity contribution is 7.10. The number of hydrogen-bond donors (Lipinski definition) is 2. The molecule has 1 aromatic heterocycles. The van der Waals surface area contributed by atoms with Crippen molar-refractivity contribution in [2.24, 2.45) is 11.7 Å². The summed E-state index contributed by atoms with van der Waals surface area (Å²) in [6.45, 7) is 8.77. The Kier molecular flexibility index (Phi) is 4.71. The summed E-state index contributed by atoms with van der Waals surface area (Å²) in [7, 11) is 0. The van der Waals surface area contributed by atoms with Crippen LogP contribution in [0.25, 0.3) is 0 Å². The quantitative estimate of drug-likeness (QED) is 0.845. The molecule has 17 heavy (non-hydrogen) atoms. The van der Waals surface area contributed by atoms with E-state index in [1.165, 1.54) is 4.88 Å². The van der Waals surface area contributed by atoms with Gasteiger partial charge in [0.1, 0.15) is 0 Å². The largest absolute Gasteiger partial charge is 0.354 e. The zero-order valence-electron chi connectivity index (χ0n) is 11.0. The van der Waals surface area contributed by atoms with Gasteiger partial charge in [0, 0.05) is 16.8 Å². The maximum Gasteiger partial charge on any atom is 0.237 e. The Hall–Kier alpha value is -0.870. The van der Waals surface area contributed by atoms with Crippen LogP contribution in [0.15, 0.2) is 17.5 Å². The van der Waals surface area contributed by atoms with E-state index in [0.29, 0.717) is 6.54 Å². The summed E-state index contributed by atoms with van der Waals surface area (Å²) in [6.07, 6.45) is 0. The molecule has 1 amide bonds. The summed E-state index contributed by atoms with van der Waals surface area (Å²) in [5, 5.41) is 4.99. The van der Waals surface area contributed by atoms with Gasteiger partial charge < -0.3 is 11.1 Å². The molecule has 0 aliphatic carbocycles. The lowest BCUT2D eigenvalue weighted by molar-refractivity contribution is -0.123. The first kappa shape index (κ1) is 14.2. The Morgan fingerprint density at radius 2 is 2.18 bits per heavy atom. The predicted octanol–water partition coefficient (Wildman–Crippen LogP) is 2.13. The van der Waals surface area contributed by atoms with Crippen LogP contribution in [-0.2, 0) is 10.2 Å². The average Bonchev–Trinajstić information content (AvgIpc) is 2.78. The van der Waals surface area contributed by atoms with Crippen LogP contribution in [0, 0.1) is 5.92 Å². The number of amides is 1. The molecule has 0 saturated heterocycles. The molecule has 3 N–H and O–H groups in total. The number of nitrogens with two attached hydrogens (primary N) is 1. The molecule has 0 saturated carbocycles. The van der Waals surface area contributed by atoms with Crippen LogP contribution in [0.5, 0.6) is 0 Å². The molecule has 1 aromatic rings. The van der Waals surface area contributed by atoms with Gasteiger partial charge in [0.05, 0.1) is 6.04 Å². The number of thiophene rings is 1. The molecule has 0 aromatic carbocycles. The Balaban J connectivity index is 2.53. The van der Waals surface area contributed by atoms with Gasteiger partial charge in [0.15, 0.2) is 0 Å². The minimum absolute atomic E-state index is 0.0411. The summed E-state index contributed by atoms with van der Waals surface area (Å²) >= 11 is 1.71. The van der Waals surface area contributed by atoms with Crippen molar-refractivity contribution >= 4 is 17.2 Å². The van der Waals surface area contributed by atoms with E-state index in [4.69, 9.17) is 5.73 Å². The van der Waals surface area contributed by atoms with Crippen molar-refractivity contribution in [1.82, 2.24) is 5.32 Å². The highest BCUT2D eigenvalue weighted by atomic mass is 32.1. The highest BCUT2D eigenvalue weighted by Crippen LogP contribution is 2.26. The van der Waals surface area contributed by atoms with Gasteiger partial charge in [-0.25, -0.2) is 0 Å². The van der Waals surface area contributed by atoms with Crippen molar-refractivity contribution < 1.29 is 4.79 Å². The molecule has 0 aliphatic rings. The van der Waals surface area contributed by atoms with Crippen LogP contribution in [0.1, 0.15) is 32.6 Å². The fraction of sp³-hybridized carbons (Fsp3) is 0.615. The summed E-state index contributed by atoms with van der Waals surface area (Å²) < 4.78 is 0. The SMILES string of the molecule is CC(C)C(N)C(=O)NCC(C)(C)c1cccs1. The smallest absolute Gasteiger partial charge is 0.237 e. The van der Waals surface area contributed by atoms with Crippen molar-refractivity contribution in [2.45, 2.75) is 39.2 Å². The lowest BCUT2D eigenvalue weighted by Gasteiger charge is -2.25. The van der Waals surface area contributed by atoms with E-state index >= 15 is 0 Å². The first-order chi connectivity index (χ1) is 7.84. The Labute approximate surface area is 107 Å². The van der Waals surface area contributed by atoms with Crippen molar-refractivity contribution in [1.29, 1.82) is 0 Å². The van der Waals surface area contributed by atoms with Crippen molar-refractivity contribution in [3.8, 4) is 0 Å². The zero-order chi connectivity index (χ0) is 13.1. The molecule has 0 aliphatic heterocycles. The van der Waals surface area contributed by atoms with E-state index in [2.05, 4.69) is 30.6 Å². The predicted molar refractivity (Wildman–Crippen MR) is 73.2 cm³/mol. The van der Waals surface area contributed by atoms with Crippen molar-refractivity contribution in [3.63, 3.8) is 0 Å². The molecular formula is C13H22N2OS. The van der Waals surface area contributed by atoms with E-state index < -0.39 is 6.04 Å². The van der Waals surface area contributed by atoms with Crippen LogP contribution < -0.4 is 11.1 Å². The summed E-state index contributed by atoms with van der Waals surface area (Å²) in [5.41, 5.74) is 5.76. The highest BCUT2D eigenvalue weighted by Gasteiger charge is 2.24. The monoisotopic (exact) mass is 254 g/mol. The van der Waals surface area contributed by atoms with Gasteiger partial charge in [-0.3, -0.25) is 4.79 Å². The third-order valence-electron chi connectivity index (χ3n) is 2.91. The fourth-order valence-electron chi connectivity index (χ4n) is 1.48. The van der Waals surface area contributed by atoms with E-state index in [9.17, 15) is 4.79 Å². The standard InChI is InChI=1S/C13H22N2OS/c1-9(2)11(14)12(16)15-8-13(3,4)10-6-5-7-17-10/h5-7,9,11H,8,14H2,1-4H3,(H,15,16). The third-order valence-corrected chi connectivity index (χ3v) is 4.15. The van der Waals surface area contributed by atoms with E-state index in [0.717, 1.165) is 0 Å². The van der Waals surface area contributed by atoms with Crippen molar-refractivity contribution in [3.05, 3.63) is 22.4 Å². The minimum atomic E-state index is -0.422. The number of rotatable bonds is 5. The molecule has 0 bridgehead atoms. The Morgan fingerprint density at radius 1 is 1.53 bits per heavy atom. The second kappa shape index (κ2) is 5.65. The topological polar surface area (TPSA) is 55.1 Å². The molecule has 0 radical (unpaired) electrons. The van der Waals surface area contributed by atoms with Crippen LogP contribution in [-0.4, -0.2) is 18.5 Å². The molecule has 0 spiro atoms. The summed E-state index contributed by atoms with van der Waals surface area (Å²) in [4.78, 5) is 13.0. The molecule has 3 nitrogen and oxygen atoms in total. The van der Waals surface area contributed by atoms with Crippen LogP contribution in [0.3, 0.4) is 0 Å². The normalized spacial score (nSPS) is 13.8. The summed E-state index contributed by atoms with van der Waals surface area (Å²) in [6, 6.07) is 3.71. The van der Waals surface area contributed by atoms with Crippen LogP contribution >= 0.6 is 11.3 Å². The van der Waals surface area contributed by atoms with Gasteiger partial charge in [-0.2, -0.15) is 0 Å². The molecule has 96 valence electrons. The molecular weight excluding hydrogens is 232 g/mol. The maximum atomic E-state index is 11.8. The molecule has 1 atom stereocenters. The first-order valence-corrected chi connectivity index (χ1v) is 6.80. The maximum absolute atomic E-state index is 11.8.